The largest absolute Gasteiger partial charge is 0.380 e. The number of rotatable bonds is 13. The van der Waals surface area contributed by atoms with Crippen LogP contribution in [0.25, 0.3) is 0 Å². The van der Waals surface area contributed by atoms with Gasteiger partial charge in [0.15, 0.2) is 0 Å². The van der Waals surface area contributed by atoms with Gasteiger partial charge in [-0.15, -0.1) is 0 Å². The monoisotopic (exact) mass is 302 g/mol. The van der Waals surface area contributed by atoms with Crippen LogP contribution in [-0.2, 0) is 9.47 Å². The Balaban J connectivity index is 4.27. The Bertz CT molecular complexity index is 219. The summed E-state index contributed by atoms with van der Waals surface area (Å²) in [5, 5.41) is 3.62. The first kappa shape index (κ1) is 20.8. The lowest BCUT2D eigenvalue weighted by atomic mass is 9.84. The average Bonchev–Trinajstić information content (AvgIpc) is 2.41. The van der Waals surface area contributed by atoms with E-state index < -0.39 is 0 Å². The fourth-order valence-corrected chi connectivity index (χ4v) is 2.41. The van der Waals surface area contributed by atoms with Crippen molar-refractivity contribution in [2.45, 2.75) is 54.0 Å². The predicted octanol–water partition coefficient (Wildman–Crippen LogP) is 2.78. The van der Waals surface area contributed by atoms with Crippen molar-refractivity contribution in [3.05, 3.63) is 0 Å². The van der Waals surface area contributed by atoms with Crippen molar-refractivity contribution < 1.29 is 9.47 Å². The van der Waals surface area contributed by atoms with Crippen molar-refractivity contribution in [3.8, 4) is 0 Å². The number of hydrogen-bond donors (Lipinski definition) is 1. The molecule has 21 heavy (non-hydrogen) atoms. The Morgan fingerprint density at radius 3 is 1.81 bits per heavy atom. The van der Waals surface area contributed by atoms with Crippen molar-refractivity contribution in [3.63, 3.8) is 0 Å². The van der Waals surface area contributed by atoms with Crippen LogP contribution in [-0.4, -0.2) is 63.5 Å². The van der Waals surface area contributed by atoms with E-state index in [1.54, 1.807) is 0 Å². The van der Waals surface area contributed by atoms with Crippen LogP contribution in [0.5, 0.6) is 0 Å². The zero-order valence-corrected chi connectivity index (χ0v) is 15.2. The first-order valence-electron chi connectivity index (χ1n) is 8.56. The van der Waals surface area contributed by atoms with E-state index in [0.717, 1.165) is 59.0 Å². The van der Waals surface area contributed by atoms with Gasteiger partial charge in [-0.05, 0) is 38.8 Å². The molecule has 0 saturated heterocycles. The summed E-state index contributed by atoms with van der Waals surface area (Å²) in [6, 6.07) is 0.546. The highest BCUT2D eigenvalue weighted by Gasteiger charge is 2.23. The number of nitrogens with one attached hydrogen (secondary N) is 1. The third-order valence-corrected chi connectivity index (χ3v) is 3.74. The molecular weight excluding hydrogens is 264 g/mol. The van der Waals surface area contributed by atoms with Crippen molar-refractivity contribution >= 4 is 0 Å². The smallest absolute Gasteiger partial charge is 0.0593 e. The van der Waals surface area contributed by atoms with E-state index in [4.69, 9.17) is 9.47 Å². The van der Waals surface area contributed by atoms with Crippen molar-refractivity contribution in [2.75, 3.05) is 52.6 Å². The topological polar surface area (TPSA) is 33.7 Å². The van der Waals surface area contributed by atoms with E-state index in [1.165, 1.54) is 0 Å². The second kappa shape index (κ2) is 12.4. The van der Waals surface area contributed by atoms with E-state index in [0.29, 0.717) is 11.5 Å². The van der Waals surface area contributed by atoms with Gasteiger partial charge in [-0.2, -0.15) is 0 Å². The van der Waals surface area contributed by atoms with E-state index in [9.17, 15) is 0 Å². The molecule has 4 nitrogen and oxygen atoms in total. The first-order chi connectivity index (χ1) is 9.95. The number of ether oxygens (including phenoxy) is 2. The molecule has 0 aromatic rings. The summed E-state index contributed by atoms with van der Waals surface area (Å²) in [4.78, 5) is 2.46. The van der Waals surface area contributed by atoms with Crippen LogP contribution in [0.2, 0.25) is 0 Å². The van der Waals surface area contributed by atoms with E-state index in [-0.39, 0.29) is 0 Å². The van der Waals surface area contributed by atoms with E-state index in [1.807, 2.05) is 13.8 Å². The minimum atomic E-state index is 0.293. The molecule has 128 valence electrons. The molecule has 0 bridgehead atoms. The van der Waals surface area contributed by atoms with Crippen LogP contribution in [0, 0.1) is 5.41 Å². The fraction of sp³-hybridized carbons (Fsp3) is 1.00. The molecule has 0 radical (unpaired) electrons. The van der Waals surface area contributed by atoms with Crippen LogP contribution >= 0.6 is 0 Å². The lowest BCUT2D eigenvalue weighted by Gasteiger charge is -2.33. The molecule has 0 fully saturated rings. The standard InChI is InChI=1S/C17H38N2O2/c1-7-18-16(17(4,5)6)10-11-19(12-14-20-8-2)13-15-21-9-3/h16,18H,7-15H2,1-6H3. The van der Waals surface area contributed by atoms with Crippen LogP contribution < -0.4 is 5.32 Å². The normalized spacial score (nSPS) is 13.9. The highest BCUT2D eigenvalue weighted by Crippen LogP contribution is 2.22. The van der Waals surface area contributed by atoms with Gasteiger partial charge in [-0.1, -0.05) is 27.7 Å². The summed E-state index contributed by atoms with van der Waals surface area (Å²) in [5.74, 6) is 0. The summed E-state index contributed by atoms with van der Waals surface area (Å²) in [6.45, 7) is 20.5. The summed E-state index contributed by atoms with van der Waals surface area (Å²) < 4.78 is 11.0. The molecule has 0 aromatic heterocycles. The third-order valence-electron chi connectivity index (χ3n) is 3.74. The Labute approximate surface area is 132 Å². The Morgan fingerprint density at radius 1 is 0.905 bits per heavy atom. The number of hydrogen-bond acceptors (Lipinski definition) is 4. The zero-order chi connectivity index (χ0) is 16.1. The first-order valence-corrected chi connectivity index (χ1v) is 8.56. The fourth-order valence-electron chi connectivity index (χ4n) is 2.41. The van der Waals surface area contributed by atoms with Crippen LogP contribution in [0.15, 0.2) is 0 Å². The van der Waals surface area contributed by atoms with Gasteiger partial charge in [0.1, 0.15) is 0 Å². The van der Waals surface area contributed by atoms with Gasteiger partial charge in [0.25, 0.3) is 0 Å². The molecule has 1 N–H and O–H groups in total. The summed E-state index contributed by atoms with van der Waals surface area (Å²) in [5.41, 5.74) is 0.293. The second-order valence-corrected chi connectivity index (χ2v) is 6.50. The van der Waals surface area contributed by atoms with Crippen molar-refractivity contribution in [2.24, 2.45) is 5.41 Å². The minimum absolute atomic E-state index is 0.293. The lowest BCUT2D eigenvalue weighted by molar-refractivity contribution is 0.0783. The maximum Gasteiger partial charge on any atom is 0.0593 e. The summed E-state index contributed by atoms with van der Waals surface area (Å²) in [6.07, 6.45) is 1.16. The molecule has 0 aliphatic rings. The van der Waals surface area contributed by atoms with Gasteiger partial charge in [0.2, 0.25) is 0 Å². The van der Waals surface area contributed by atoms with E-state index >= 15 is 0 Å². The van der Waals surface area contributed by atoms with Crippen LogP contribution in [0.3, 0.4) is 0 Å². The van der Waals surface area contributed by atoms with Crippen LogP contribution in [0.1, 0.15) is 48.0 Å². The highest BCUT2D eigenvalue weighted by molar-refractivity contribution is 4.81. The molecule has 0 aliphatic carbocycles. The van der Waals surface area contributed by atoms with Gasteiger partial charge in [0.05, 0.1) is 13.2 Å². The quantitative estimate of drug-likeness (QED) is 0.531. The highest BCUT2D eigenvalue weighted by atomic mass is 16.5. The molecular formula is C17H38N2O2. The molecule has 0 aromatic carbocycles. The maximum absolute atomic E-state index is 5.49. The summed E-state index contributed by atoms with van der Waals surface area (Å²) >= 11 is 0. The second-order valence-electron chi connectivity index (χ2n) is 6.50. The molecule has 0 saturated carbocycles. The Morgan fingerprint density at radius 2 is 1.43 bits per heavy atom. The van der Waals surface area contributed by atoms with Crippen LogP contribution in [0.4, 0.5) is 0 Å². The van der Waals surface area contributed by atoms with Gasteiger partial charge in [-0.25, -0.2) is 0 Å². The SMILES string of the molecule is CCNC(CCN(CCOCC)CCOCC)C(C)(C)C. The molecule has 1 unspecified atom stereocenters. The van der Waals surface area contributed by atoms with Crippen molar-refractivity contribution in [1.82, 2.24) is 10.2 Å². The van der Waals surface area contributed by atoms with Gasteiger partial charge in [-0.3, -0.25) is 4.90 Å². The molecule has 0 rings (SSSR count). The average molecular weight is 303 g/mol. The van der Waals surface area contributed by atoms with Gasteiger partial charge < -0.3 is 14.8 Å². The molecule has 0 heterocycles. The minimum Gasteiger partial charge on any atom is -0.380 e. The van der Waals surface area contributed by atoms with E-state index in [2.05, 4.69) is 37.9 Å². The number of nitrogens with zero attached hydrogens (tertiary/aromatic N) is 1. The Kier molecular flexibility index (Phi) is 12.3. The molecule has 1 atom stereocenters. The Hall–Kier alpha value is -0.160. The predicted molar refractivity (Wildman–Crippen MR) is 91.0 cm³/mol. The molecule has 0 spiro atoms. The molecule has 0 aliphatic heterocycles. The van der Waals surface area contributed by atoms with Crippen molar-refractivity contribution in [1.29, 1.82) is 0 Å². The summed E-state index contributed by atoms with van der Waals surface area (Å²) in [7, 11) is 0. The zero-order valence-electron chi connectivity index (χ0n) is 15.2. The third kappa shape index (κ3) is 11.1. The van der Waals surface area contributed by atoms with Gasteiger partial charge >= 0.3 is 0 Å². The van der Waals surface area contributed by atoms with Gasteiger partial charge in [0, 0.05) is 32.3 Å². The molecule has 0 amide bonds. The maximum atomic E-state index is 5.49. The lowest BCUT2D eigenvalue weighted by Crippen LogP contribution is -2.43. The molecule has 4 heteroatoms.